The Bertz CT molecular complexity index is 841. The number of ether oxygens (including phenoxy) is 1. The molecule has 0 amide bonds. The van der Waals surface area contributed by atoms with Gasteiger partial charge >= 0.3 is 5.97 Å². The number of rotatable bonds is 8. The Labute approximate surface area is 177 Å². The van der Waals surface area contributed by atoms with Crippen LogP contribution in [0.5, 0.6) is 5.75 Å². The number of hydrogen-bond acceptors (Lipinski definition) is 8. The van der Waals surface area contributed by atoms with Crippen molar-refractivity contribution in [1.82, 2.24) is 19.4 Å². The van der Waals surface area contributed by atoms with Crippen LogP contribution in [0.25, 0.3) is 0 Å². The molecular weight excluding hydrogens is 412 g/mol. The molecule has 1 aromatic rings. The SMILES string of the molecule is CCOc1ccc(S(=O)(=O)N2CCNCC2N2CCN(CCO)CC2)cc1C(=O)O. The Morgan fingerprint density at radius 2 is 1.97 bits per heavy atom. The smallest absolute Gasteiger partial charge is 0.339 e. The van der Waals surface area contributed by atoms with Crippen LogP contribution in [0.1, 0.15) is 17.3 Å². The molecule has 2 aliphatic rings. The Hall–Kier alpha value is -1.76. The fourth-order valence-corrected chi connectivity index (χ4v) is 5.58. The summed E-state index contributed by atoms with van der Waals surface area (Å²) in [5.41, 5.74) is -0.165. The van der Waals surface area contributed by atoms with Crippen LogP contribution in [0, 0.1) is 0 Å². The minimum Gasteiger partial charge on any atom is -0.493 e. The van der Waals surface area contributed by atoms with Gasteiger partial charge in [-0.2, -0.15) is 4.31 Å². The molecule has 0 spiro atoms. The topological polar surface area (TPSA) is 123 Å². The Morgan fingerprint density at radius 3 is 2.60 bits per heavy atom. The number of aliphatic hydroxyl groups excluding tert-OH is 1. The molecule has 1 atom stereocenters. The second-order valence-corrected chi connectivity index (χ2v) is 9.19. The van der Waals surface area contributed by atoms with E-state index in [0.717, 1.165) is 13.1 Å². The zero-order valence-corrected chi connectivity index (χ0v) is 18.0. The maximum Gasteiger partial charge on any atom is 0.339 e. The van der Waals surface area contributed by atoms with Crippen molar-refractivity contribution in [2.75, 3.05) is 65.6 Å². The van der Waals surface area contributed by atoms with Crippen LogP contribution in [0.2, 0.25) is 0 Å². The van der Waals surface area contributed by atoms with E-state index >= 15 is 0 Å². The van der Waals surface area contributed by atoms with E-state index in [9.17, 15) is 18.3 Å². The number of sulfonamides is 1. The predicted octanol–water partition coefficient (Wildman–Crippen LogP) is -0.687. The normalized spacial score (nSPS) is 22.1. The molecule has 30 heavy (non-hydrogen) atoms. The Morgan fingerprint density at radius 1 is 1.23 bits per heavy atom. The van der Waals surface area contributed by atoms with Gasteiger partial charge in [-0.25, -0.2) is 13.2 Å². The summed E-state index contributed by atoms with van der Waals surface area (Å²) in [6, 6.07) is 4.00. The van der Waals surface area contributed by atoms with Crippen LogP contribution in [0.15, 0.2) is 23.1 Å². The third kappa shape index (κ3) is 4.93. The van der Waals surface area contributed by atoms with E-state index in [1.165, 1.54) is 22.5 Å². The number of β-amino-alcohol motifs (C(OH)–C–C–N with tert-alkyl or cyclic N) is 1. The summed E-state index contributed by atoms with van der Waals surface area (Å²) in [6.45, 7) is 7.00. The molecule has 0 aliphatic carbocycles. The first-order valence-electron chi connectivity index (χ1n) is 10.2. The van der Waals surface area contributed by atoms with Gasteiger partial charge in [0, 0.05) is 52.4 Å². The second kappa shape index (κ2) is 10.0. The summed E-state index contributed by atoms with van der Waals surface area (Å²) < 4.78 is 33.7. The van der Waals surface area contributed by atoms with Crippen molar-refractivity contribution in [3.05, 3.63) is 23.8 Å². The molecule has 0 bridgehead atoms. The summed E-state index contributed by atoms with van der Waals surface area (Å²) in [6.07, 6.45) is -0.347. The number of carboxylic acids is 1. The van der Waals surface area contributed by atoms with Crippen molar-refractivity contribution in [2.24, 2.45) is 0 Å². The average Bonchev–Trinajstić information content (AvgIpc) is 2.75. The predicted molar refractivity (Wildman–Crippen MR) is 110 cm³/mol. The lowest BCUT2D eigenvalue weighted by atomic mass is 10.2. The number of aliphatic hydroxyl groups is 1. The molecular formula is C19H30N4O6S. The summed E-state index contributed by atoms with van der Waals surface area (Å²) in [5.74, 6) is -1.08. The minimum atomic E-state index is -3.89. The zero-order valence-electron chi connectivity index (χ0n) is 17.2. The maximum atomic E-state index is 13.4. The van der Waals surface area contributed by atoms with Crippen LogP contribution >= 0.6 is 0 Å². The molecule has 168 valence electrons. The zero-order chi connectivity index (χ0) is 21.7. The highest BCUT2D eigenvalue weighted by molar-refractivity contribution is 7.89. The van der Waals surface area contributed by atoms with Crippen molar-refractivity contribution in [2.45, 2.75) is 18.0 Å². The number of hydrogen-bond donors (Lipinski definition) is 3. The Kier molecular flexibility index (Phi) is 7.66. The van der Waals surface area contributed by atoms with Crippen LogP contribution in [-0.4, -0.2) is 110 Å². The van der Waals surface area contributed by atoms with E-state index < -0.39 is 16.0 Å². The molecule has 1 unspecified atom stereocenters. The van der Waals surface area contributed by atoms with E-state index in [2.05, 4.69) is 15.1 Å². The fraction of sp³-hybridized carbons (Fsp3) is 0.632. The van der Waals surface area contributed by atoms with Gasteiger partial charge < -0.3 is 20.3 Å². The Balaban J connectivity index is 1.84. The first-order valence-corrected chi connectivity index (χ1v) is 11.6. The van der Waals surface area contributed by atoms with Crippen molar-refractivity contribution in [3.63, 3.8) is 0 Å². The van der Waals surface area contributed by atoms with Crippen molar-refractivity contribution in [1.29, 1.82) is 0 Å². The van der Waals surface area contributed by atoms with Gasteiger partial charge in [0.25, 0.3) is 0 Å². The van der Waals surface area contributed by atoms with Gasteiger partial charge in [-0.15, -0.1) is 0 Å². The van der Waals surface area contributed by atoms with E-state index in [1.807, 2.05) is 0 Å². The van der Waals surface area contributed by atoms with Crippen molar-refractivity contribution in [3.8, 4) is 5.75 Å². The van der Waals surface area contributed by atoms with Crippen molar-refractivity contribution < 1.29 is 28.2 Å². The molecule has 3 rings (SSSR count). The second-order valence-electron chi connectivity index (χ2n) is 7.30. The summed E-state index contributed by atoms with van der Waals surface area (Å²) >= 11 is 0. The van der Waals surface area contributed by atoms with Gasteiger partial charge in [0.2, 0.25) is 10.0 Å². The van der Waals surface area contributed by atoms with Gasteiger partial charge in [0.15, 0.2) is 0 Å². The van der Waals surface area contributed by atoms with Crippen LogP contribution < -0.4 is 10.1 Å². The molecule has 0 saturated carbocycles. The van der Waals surface area contributed by atoms with E-state index in [0.29, 0.717) is 39.3 Å². The fourth-order valence-electron chi connectivity index (χ4n) is 3.94. The van der Waals surface area contributed by atoms with Gasteiger partial charge in [-0.05, 0) is 25.1 Å². The summed E-state index contributed by atoms with van der Waals surface area (Å²) in [7, 11) is -3.89. The van der Waals surface area contributed by atoms with Crippen LogP contribution in [0.4, 0.5) is 0 Å². The van der Waals surface area contributed by atoms with E-state index in [-0.39, 0.29) is 35.6 Å². The van der Waals surface area contributed by atoms with Gasteiger partial charge in [-0.1, -0.05) is 0 Å². The molecule has 10 nitrogen and oxygen atoms in total. The lowest BCUT2D eigenvalue weighted by Gasteiger charge is -2.45. The van der Waals surface area contributed by atoms with E-state index in [1.54, 1.807) is 6.92 Å². The molecule has 0 aromatic heterocycles. The lowest BCUT2D eigenvalue weighted by Crippen LogP contribution is -2.63. The molecule has 1 aromatic carbocycles. The molecule has 2 heterocycles. The largest absolute Gasteiger partial charge is 0.493 e. The third-order valence-electron chi connectivity index (χ3n) is 5.50. The molecule has 2 fully saturated rings. The first kappa shape index (κ1) is 22.9. The highest BCUT2D eigenvalue weighted by atomic mass is 32.2. The summed E-state index contributed by atoms with van der Waals surface area (Å²) in [4.78, 5) is 15.9. The minimum absolute atomic E-state index is 0.0471. The molecule has 2 aliphatic heterocycles. The lowest BCUT2D eigenvalue weighted by molar-refractivity contribution is 0.0299. The van der Waals surface area contributed by atoms with Crippen LogP contribution in [-0.2, 0) is 10.0 Å². The first-order chi connectivity index (χ1) is 14.4. The van der Waals surface area contributed by atoms with Crippen LogP contribution in [0.3, 0.4) is 0 Å². The molecule has 0 radical (unpaired) electrons. The molecule has 11 heteroatoms. The van der Waals surface area contributed by atoms with Gasteiger partial charge in [0.05, 0.1) is 24.3 Å². The van der Waals surface area contributed by atoms with Gasteiger partial charge in [0.1, 0.15) is 11.3 Å². The van der Waals surface area contributed by atoms with Crippen molar-refractivity contribution >= 4 is 16.0 Å². The third-order valence-corrected chi connectivity index (χ3v) is 7.39. The number of carboxylic acid groups (broad SMARTS) is 1. The van der Waals surface area contributed by atoms with Gasteiger partial charge in [-0.3, -0.25) is 9.80 Å². The van der Waals surface area contributed by atoms with E-state index in [4.69, 9.17) is 9.84 Å². The number of nitrogens with zero attached hydrogens (tertiary/aromatic N) is 3. The number of aromatic carboxylic acids is 1. The number of benzene rings is 1. The molecule has 2 saturated heterocycles. The standard InChI is InChI=1S/C19H30N4O6S/c1-2-29-17-4-3-15(13-16(17)19(25)26)30(27,28)23-6-5-20-14-18(23)22-9-7-21(8-10-22)11-12-24/h3-4,13,18,20,24H,2,5-12,14H2,1H3,(H,25,26). The summed E-state index contributed by atoms with van der Waals surface area (Å²) in [5, 5.41) is 21.9. The number of carbonyl (C=O) groups is 1. The maximum absolute atomic E-state index is 13.4. The average molecular weight is 443 g/mol. The highest BCUT2D eigenvalue weighted by Gasteiger charge is 2.38. The number of piperazine rings is 2. The number of nitrogens with one attached hydrogen (secondary N) is 1. The molecule has 3 N–H and O–H groups in total. The monoisotopic (exact) mass is 442 g/mol. The highest BCUT2D eigenvalue weighted by Crippen LogP contribution is 2.27. The quantitative estimate of drug-likeness (QED) is 0.480.